The van der Waals surface area contributed by atoms with E-state index >= 15 is 0 Å². The molecule has 0 radical (unpaired) electrons. The molecular formula is C24H23N3O3. The van der Waals surface area contributed by atoms with Crippen molar-refractivity contribution in [1.29, 1.82) is 0 Å². The number of anilines is 1. The average molecular weight is 401 g/mol. The summed E-state index contributed by atoms with van der Waals surface area (Å²) >= 11 is 0. The molecule has 1 unspecified atom stereocenters. The third-order valence-corrected chi connectivity index (χ3v) is 5.14. The van der Waals surface area contributed by atoms with E-state index in [0.29, 0.717) is 18.7 Å². The van der Waals surface area contributed by atoms with Crippen LogP contribution >= 0.6 is 0 Å². The van der Waals surface area contributed by atoms with Gasteiger partial charge in [0.15, 0.2) is 0 Å². The van der Waals surface area contributed by atoms with Crippen LogP contribution in [0.15, 0.2) is 79.1 Å². The molecule has 2 aromatic carbocycles. The molecule has 0 saturated carbocycles. The molecule has 1 N–H and O–H groups in total. The Labute approximate surface area is 175 Å². The molecule has 3 aromatic rings. The van der Waals surface area contributed by atoms with Crippen LogP contribution in [0.5, 0.6) is 0 Å². The predicted octanol–water partition coefficient (Wildman–Crippen LogP) is 4.49. The molecule has 1 aromatic heterocycles. The second-order valence-electron chi connectivity index (χ2n) is 7.20. The number of amides is 2. The summed E-state index contributed by atoms with van der Waals surface area (Å²) in [5, 5.41) is 2.95. The fourth-order valence-corrected chi connectivity index (χ4v) is 3.61. The molecule has 2 heterocycles. The molecule has 1 aliphatic rings. The van der Waals surface area contributed by atoms with E-state index in [1.807, 2.05) is 66.7 Å². The fourth-order valence-electron chi connectivity index (χ4n) is 3.61. The van der Waals surface area contributed by atoms with Gasteiger partial charge in [-0.2, -0.15) is 0 Å². The molecule has 1 fully saturated rings. The van der Waals surface area contributed by atoms with E-state index < -0.39 is 12.1 Å². The molecular weight excluding hydrogens is 378 g/mol. The first-order valence-corrected chi connectivity index (χ1v) is 9.99. The van der Waals surface area contributed by atoms with Gasteiger partial charge < -0.3 is 10.1 Å². The number of likely N-dealkylation sites (tertiary alicyclic amines) is 1. The topological polar surface area (TPSA) is 71.5 Å². The number of benzene rings is 2. The second kappa shape index (κ2) is 9.22. The highest BCUT2D eigenvalue weighted by atomic mass is 16.6. The minimum atomic E-state index is -0.530. The van der Waals surface area contributed by atoms with Crippen molar-refractivity contribution in [2.45, 2.75) is 25.5 Å². The summed E-state index contributed by atoms with van der Waals surface area (Å²) in [5.74, 6) is -0.198. The lowest BCUT2D eigenvalue weighted by molar-refractivity contribution is -0.120. The summed E-state index contributed by atoms with van der Waals surface area (Å²) in [6.07, 6.45) is 4.41. The third kappa shape index (κ3) is 4.66. The number of carbonyl (C=O) groups is 2. The zero-order chi connectivity index (χ0) is 20.8. The van der Waals surface area contributed by atoms with Gasteiger partial charge in [0.2, 0.25) is 5.91 Å². The van der Waals surface area contributed by atoms with E-state index in [1.54, 1.807) is 12.4 Å². The van der Waals surface area contributed by atoms with Crippen molar-refractivity contribution in [3.63, 3.8) is 0 Å². The molecule has 1 saturated heterocycles. The van der Waals surface area contributed by atoms with Crippen LogP contribution in [0.2, 0.25) is 0 Å². The Morgan fingerprint density at radius 1 is 1.00 bits per heavy atom. The van der Waals surface area contributed by atoms with Gasteiger partial charge in [0.05, 0.1) is 0 Å². The molecule has 4 rings (SSSR count). The summed E-state index contributed by atoms with van der Waals surface area (Å²) < 4.78 is 5.42. The van der Waals surface area contributed by atoms with Crippen molar-refractivity contribution in [1.82, 2.24) is 9.88 Å². The maximum atomic E-state index is 12.9. The van der Waals surface area contributed by atoms with Crippen LogP contribution in [0.1, 0.15) is 18.4 Å². The van der Waals surface area contributed by atoms with Gasteiger partial charge in [0, 0.05) is 24.6 Å². The number of aromatic nitrogens is 1. The maximum Gasteiger partial charge on any atom is 0.410 e. The molecule has 0 aliphatic carbocycles. The van der Waals surface area contributed by atoms with E-state index in [2.05, 4.69) is 10.3 Å². The van der Waals surface area contributed by atoms with Gasteiger partial charge in [-0.05, 0) is 53.8 Å². The maximum absolute atomic E-state index is 12.9. The minimum Gasteiger partial charge on any atom is -0.445 e. The number of pyridine rings is 1. The third-order valence-electron chi connectivity index (χ3n) is 5.14. The highest BCUT2D eigenvalue weighted by molar-refractivity contribution is 5.97. The Balaban J connectivity index is 1.39. The number of rotatable bonds is 5. The SMILES string of the molecule is O=C(Nc1cccc(-c2ccncc2)c1)C1CCCN1C(=O)OCc1ccccc1. The van der Waals surface area contributed by atoms with Crippen molar-refractivity contribution < 1.29 is 14.3 Å². The van der Waals surface area contributed by atoms with Crippen LogP contribution in [-0.4, -0.2) is 34.5 Å². The Kier molecular flexibility index (Phi) is 6.03. The minimum absolute atomic E-state index is 0.193. The summed E-state index contributed by atoms with van der Waals surface area (Å²) in [4.78, 5) is 31.0. The highest BCUT2D eigenvalue weighted by Crippen LogP contribution is 2.24. The number of nitrogens with zero attached hydrogens (tertiary/aromatic N) is 2. The van der Waals surface area contributed by atoms with Crippen LogP contribution in [-0.2, 0) is 16.1 Å². The number of nitrogens with one attached hydrogen (secondary N) is 1. The molecule has 1 aliphatic heterocycles. The van der Waals surface area contributed by atoms with E-state index in [4.69, 9.17) is 4.74 Å². The van der Waals surface area contributed by atoms with Crippen LogP contribution in [0.3, 0.4) is 0 Å². The Morgan fingerprint density at radius 2 is 1.80 bits per heavy atom. The van der Waals surface area contributed by atoms with Gasteiger partial charge in [-0.1, -0.05) is 42.5 Å². The van der Waals surface area contributed by atoms with Gasteiger partial charge >= 0.3 is 6.09 Å². The quantitative estimate of drug-likeness (QED) is 0.684. The second-order valence-corrected chi connectivity index (χ2v) is 7.20. The van der Waals surface area contributed by atoms with Crippen molar-refractivity contribution in [2.24, 2.45) is 0 Å². The lowest BCUT2D eigenvalue weighted by Crippen LogP contribution is -2.43. The monoisotopic (exact) mass is 401 g/mol. The van der Waals surface area contributed by atoms with Gasteiger partial charge in [0.1, 0.15) is 12.6 Å². The lowest BCUT2D eigenvalue weighted by atomic mass is 10.1. The smallest absolute Gasteiger partial charge is 0.410 e. The van der Waals surface area contributed by atoms with E-state index in [0.717, 1.165) is 23.1 Å². The summed E-state index contributed by atoms with van der Waals surface area (Å²) in [7, 11) is 0. The number of hydrogen-bond acceptors (Lipinski definition) is 4. The number of hydrogen-bond donors (Lipinski definition) is 1. The standard InChI is InChI=1S/C24H23N3O3/c28-23(26-21-9-4-8-20(16-21)19-11-13-25-14-12-19)22-10-5-15-27(22)24(29)30-17-18-6-2-1-3-7-18/h1-4,6-9,11-14,16,22H,5,10,15,17H2,(H,26,28). The fraction of sp³-hybridized carbons (Fsp3) is 0.208. The molecule has 2 amide bonds. The Hall–Kier alpha value is -3.67. The Bertz CT molecular complexity index is 1010. The zero-order valence-electron chi connectivity index (χ0n) is 16.5. The highest BCUT2D eigenvalue weighted by Gasteiger charge is 2.35. The van der Waals surface area contributed by atoms with Crippen molar-refractivity contribution in [3.8, 4) is 11.1 Å². The average Bonchev–Trinajstić information content (AvgIpc) is 3.29. The van der Waals surface area contributed by atoms with Gasteiger partial charge in [0.25, 0.3) is 0 Å². The Morgan fingerprint density at radius 3 is 2.60 bits per heavy atom. The molecule has 6 heteroatoms. The molecule has 0 spiro atoms. The van der Waals surface area contributed by atoms with E-state index in [-0.39, 0.29) is 12.5 Å². The summed E-state index contributed by atoms with van der Waals surface area (Å²) in [6, 6.07) is 20.5. The lowest BCUT2D eigenvalue weighted by Gasteiger charge is -2.23. The first-order chi connectivity index (χ1) is 14.7. The van der Waals surface area contributed by atoms with Gasteiger partial charge in [-0.15, -0.1) is 0 Å². The van der Waals surface area contributed by atoms with Crippen molar-refractivity contribution >= 4 is 17.7 Å². The molecule has 30 heavy (non-hydrogen) atoms. The van der Waals surface area contributed by atoms with E-state index in [1.165, 1.54) is 4.90 Å². The van der Waals surface area contributed by atoms with Crippen LogP contribution < -0.4 is 5.32 Å². The summed E-state index contributed by atoms with van der Waals surface area (Å²) in [5.41, 5.74) is 3.62. The number of ether oxygens (including phenoxy) is 1. The van der Waals surface area contributed by atoms with Crippen LogP contribution in [0.4, 0.5) is 10.5 Å². The first-order valence-electron chi connectivity index (χ1n) is 9.99. The largest absolute Gasteiger partial charge is 0.445 e. The van der Waals surface area contributed by atoms with E-state index in [9.17, 15) is 9.59 Å². The molecule has 152 valence electrons. The van der Waals surface area contributed by atoms with Crippen LogP contribution in [0.25, 0.3) is 11.1 Å². The summed E-state index contributed by atoms with van der Waals surface area (Å²) in [6.45, 7) is 0.710. The predicted molar refractivity (Wildman–Crippen MR) is 115 cm³/mol. The first kappa shape index (κ1) is 19.6. The molecule has 1 atom stereocenters. The number of carbonyl (C=O) groups excluding carboxylic acids is 2. The molecule has 0 bridgehead atoms. The van der Waals surface area contributed by atoms with Crippen LogP contribution in [0, 0.1) is 0 Å². The van der Waals surface area contributed by atoms with Crippen molar-refractivity contribution in [3.05, 3.63) is 84.7 Å². The van der Waals surface area contributed by atoms with Crippen molar-refractivity contribution in [2.75, 3.05) is 11.9 Å². The zero-order valence-corrected chi connectivity index (χ0v) is 16.5. The molecule has 6 nitrogen and oxygen atoms in total. The van der Waals surface area contributed by atoms with Gasteiger partial charge in [-0.3, -0.25) is 14.7 Å². The normalized spacial score (nSPS) is 15.6. The van der Waals surface area contributed by atoms with Gasteiger partial charge in [-0.25, -0.2) is 4.79 Å².